The van der Waals surface area contributed by atoms with Gasteiger partial charge in [-0.05, 0) is 31.0 Å². The largest absolute Gasteiger partial charge is 0.369 e. The third kappa shape index (κ3) is 4.02. The summed E-state index contributed by atoms with van der Waals surface area (Å²) in [6.07, 6.45) is 3.71. The van der Waals surface area contributed by atoms with E-state index in [1.807, 2.05) is 24.4 Å². The van der Waals surface area contributed by atoms with Crippen LogP contribution in [-0.2, 0) is 24.3 Å². The molecule has 28 heavy (non-hydrogen) atoms. The van der Waals surface area contributed by atoms with Crippen molar-refractivity contribution in [1.82, 2.24) is 15.0 Å². The fraction of sp³-hybridized carbons (Fsp3) is 0.476. The summed E-state index contributed by atoms with van der Waals surface area (Å²) in [6.45, 7) is 10.0. The highest BCUT2D eigenvalue weighted by Crippen LogP contribution is 2.42. The zero-order chi connectivity index (χ0) is 19.7. The second-order valence-corrected chi connectivity index (χ2v) is 10.3. The first kappa shape index (κ1) is 19.6. The van der Waals surface area contributed by atoms with Crippen LogP contribution in [0.3, 0.4) is 0 Å². The molecular formula is C21H26N4OS2. The fourth-order valence-electron chi connectivity index (χ4n) is 3.35. The second kappa shape index (κ2) is 7.97. The Balaban J connectivity index is 1.76. The van der Waals surface area contributed by atoms with E-state index in [9.17, 15) is 0 Å². The Hall–Kier alpha value is -1.70. The van der Waals surface area contributed by atoms with Crippen LogP contribution in [0.15, 0.2) is 29.6 Å². The average Bonchev–Trinajstić information content (AvgIpc) is 3.04. The first-order valence-electron chi connectivity index (χ1n) is 9.74. The summed E-state index contributed by atoms with van der Waals surface area (Å²) in [5, 5.41) is 5.95. The highest BCUT2D eigenvalue weighted by atomic mass is 32.2. The molecule has 0 spiro atoms. The Labute approximate surface area is 174 Å². The van der Waals surface area contributed by atoms with Gasteiger partial charge < -0.3 is 10.1 Å². The van der Waals surface area contributed by atoms with Gasteiger partial charge >= 0.3 is 0 Å². The maximum Gasteiger partial charge on any atom is 0.191 e. The number of thioether (sulfide) groups is 1. The van der Waals surface area contributed by atoms with Crippen molar-refractivity contribution in [3.63, 3.8) is 0 Å². The van der Waals surface area contributed by atoms with Gasteiger partial charge in [0.1, 0.15) is 10.6 Å². The molecule has 0 radical (unpaired) electrons. The fourth-order valence-corrected chi connectivity index (χ4v) is 5.22. The minimum absolute atomic E-state index is 0.120. The second-order valence-electron chi connectivity index (χ2n) is 7.65. The molecule has 3 aromatic rings. The topological polar surface area (TPSA) is 59.9 Å². The number of rotatable bonds is 6. The van der Waals surface area contributed by atoms with Crippen molar-refractivity contribution in [3.05, 3.63) is 40.5 Å². The lowest BCUT2D eigenvalue weighted by Gasteiger charge is -2.33. The lowest BCUT2D eigenvalue weighted by molar-refractivity contribution is -0.0542. The quantitative estimate of drug-likeness (QED) is 0.428. The van der Waals surface area contributed by atoms with E-state index < -0.39 is 0 Å². The molecule has 7 heteroatoms. The molecule has 4 rings (SSSR count). The van der Waals surface area contributed by atoms with Crippen LogP contribution in [0.5, 0.6) is 0 Å². The third-order valence-electron chi connectivity index (χ3n) is 5.07. The minimum Gasteiger partial charge on any atom is -0.369 e. The maximum absolute atomic E-state index is 6.16. The smallest absolute Gasteiger partial charge is 0.191 e. The number of anilines is 1. The summed E-state index contributed by atoms with van der Waals surface area (Å²) in [7, 11) is 0. The van der Waals surface area contributed by atoms with E-state index in [-0.39, 0.29) is 5.60 Å². The Morgan fingerprint density at radius 1 is 1.32 bits per heavy atom. The van der Waals surface area contributed by atoms with Crippen LogP contribution >= 0.6 is 23.1 Å². The van der Waals surface area contributed by atoms with Crippen LogP contribution < -0.4 is 5.32 Å². The maximum atomic E-state index is 6.16. The molecule has 0 saturated heterocycles. The lowest BCUT2D eigenvalue weighted by atomic mass is 9.90. The number of thiophene rings is 1. The standard InChI is InChI=1S/C21H26N4OS2/c1-5-21(4)10-15-16(12-26-21)28-19-17(15)18(24-20(25-19)27-13(2)3)23-11-14-8-6-7-9-22-14/h6-9,13H,5,10-12H2,1-4H3,(H,23,24,25)/t21-/m1/s1. The van der Waals surface area contributed by atoms with E-state index in [0.29, 0.717) is 18.4 Å². The molecule has 0 bridgehead atoms. The van der Waals surface area contributed by atoms with Gasteiger partial charge in [-0.25, -0.2) is 9.97 Å². The summed E-state index contributed by atoms with van der Waals surface area (Å²) < 4.78 is 6.16. The van der Waals surface area contributed by atoms with E-state index in [2.05, 4.69) is 38.0 Å². The SMILES string of the molecule is CC[C@]1(C)Cc2c(sc3nc(SC(C)C)nc(NCc4ccccn4)c23)CO1. The van der Waals surface area contributed by atoms with E-state index >= 15 is 0 Å². The van der Waals surface area contributed by atoms with E-state index in [1.165, 1.54) is 10.4 Å². The van der Waals surface area contributed by atoms with Gasteiger partial charge in [-0.2, -0.15) is 0 Å². The molecule has 1 aliphatic heterocycles. The predicted molar refractivity (Wildman–Crippen MR) is 117 cm³/mol. The minimum atomic E-state index is -0.120. The van der Waals surface area contributed by atoms with E-state index in [1.54, 1.807) is 23.1 Å². The first-order chi connectivity index (χ1) is 13.5. The molecule has 0 amide bonds. The van der Waals surface area contributed by atoms with Crippen molar-refractivity contribution in [1.29, 1.82) is 0 Å². The van der Waals surface area contributed by atoms with Gasteiger partial charge in [0.2, 0.25) is 0 Å². The number of hydrogen-bond acceptors (Lipinski definition) is 7. The first-order valence-corrected chi connectivity index (χ1v) is 11.4. The van der Waals surface area contributed by atoms with Crippen molar-refractivity contribution < 1.29 is 4.74 Å². The summed E-state index contributed by atoms with van der Waals surface area (Å²) in [6, 6.07) is 5.97. The van der Waals surface area contributed by atoms with Crippen LogP contribution in [0.25, 0.3) is 10.2 Å². The molecule has 3 aromatic heterocycles. The highest BCUT2D eigenvalue weighted by Gasteiger charge is 2.33. The van der Waals surface area contributed by atoms with Crippen LogP contribution in [0, 0.1) is 0 Å². The number of fused-ring (bicyclic) bond motifs is 3. The van der Waals surface area contributed by atoms with Crippen LogP contribution in [0.1, 0.15) is 50.3 Å². The van der Waals surface area contributed by atoms with Crippen molar-refractivity contribution in [2.75, 3.05) is 5.32 Å². The molecule has 148 valence electrons. The Morgan fingerprint density at radius 2 is 2.18 bits per heavy atom. The van der Waals surface area contributed by atoms with Crippen molar-refractivity contribution >= 4 is 39.1 Å². The van der Waals surface area contributed by atoms with E-state index in [4.69, 9.17) is 14.7 Å². The van der Waals surface area contributed by atoms with Gasteiger partial charge in [-0.3, -0.25) is 4.98 Å². The van der Waals surface area contributed by atoms with Gasteiger partial charge in [0.15, 0.2) is 5.16 Å². The molecule has 0 saturated carbocycles. The zero-order valence-corrected chi connectivity index (χ0v) is 18.4. The molecule has 5 nitrogen and oxygen atoms in total. The van der Waals surface area contributed by atoms with Crippen molar-refractivity contribution in [3.8, 4) is 0 Å². The number of ether oxygens (including phenoxy) is 1. The number of nitrogens with one attached hydrogen (secondary N) is 1. The Bertz CT molecular complexity index is 973. The molecule has 0 aromatic carbocycles. The predicted octanol–water partition coefficient (Wildman–Crippen LogP) is 5.44. The number of pyridine rings is 1. The van der Waals surface area contributed by atoms with Crippen molar-refractivity contribution in [2.24, 2.45) is 0 Å². The number of hydrogen-bond donors (Lipinski definition) is 1. The molecular weight excluding hydrogens is 388 g/mol. The van der Waals surface area contributed by atoms with E-state index in [0.717, 1.165) is 39.7 Å². The van der Waals surface area contributed by atoms with Crippen molar-refractivity contribution in [2.45, 2.75) is 69.7 Å². The number of aromatic nitrogens is 3. The summed E-state index contributed by atoms with van der Waals surface area (Å²) in [5.74, 6) is 0.914. The molecule has 1 N–H and O–H groups in total. The third-order valence-corrected chi connectivity index (χ3v) is 7.03. The van der Waals surface area contributed by atoms with Gasteiger partial charge in [0, 0.05) is 22.7 Å². The summed E-state index contributed by atoms with van der Waals surface area (Å²) in [4.78, 5) is 16.5. The average molecular weight is 415 g/mol. The lowest BCUT2D eigenvalue weighted by Crippen LogP contribution is -2.33. The molecule has 1 atom stereocenters. The molecule has 0 unspecified atom stereocenters. The van der Waals surface area contributed by atoms with Gasteiger partial charge in [0.05, 0.1) is 29.8 Å². The number of nitrogens with zero attached hydrogens (tertiary/aromatic N) is 3. The molecule has 0 aliphatic carbocycles. The highest BCUT2D eigenvalue weighted by molar-refractivity contribution is 7.99. The zero-order valence-electron chi connectivity index (χ0n) is 16.8. The molecule has 1 aliphatic rings. The monoisotopic (exact) mass is 414 g/mol. The van der Waals surface area contributed by atoms with Crippen LogP contribution in [-0.4, -0.2) is 25.8 Å². The normalized spacial score (nSPS) is 19.2. The van der Waals surface area contributed by atoms with Gasteiger partial charge in [0.25, 0.3) is 0 Å². The molecule has 0 fully saturated rings. The van der Waals surface area contributed by atoms with Crippen LogP contribution in [0.2, 0.25) is 0 Å². The molecule has 4 heterocycles. The Kier molecular flexibility index (Phi) is 5.58. The summed E-state index contributed by atoms with van der Waals surface area (Å²) >= 11 is 3.44. The van der Waals surface area contributed by atoms with Gasteiger partial charge in [-0.15, -0.1) is 11.3 Å². The Morgan fingerprint density at radius 3 is 2.89 bits per heavy atom. The summed E-state index contributed by atoms with van der Waals surface area (Å²) in [5.41, 5.74) is 2.23. The van der Waals surface area contributed by atoms with Gasteiger partial charge in [-0.1, -0.05) is 38.6 Å². The van der Waals surface area contributed by atoms with Crippen LogP contribution in [0.4, 0.5) is 5.82 Å².